The minimum Gasteiger partial charge on any atom is -0.338 e. The molecule has 2 amide bonds. The fraction of sp³-hybridized carbons (Fsp3) is 0.280. The number of aromatic nitrogens is 3. The summed E-state index contributed by atoms with van der Waals surface area (Å²) in [6.07, 6.45) is 3.33. The van der Waals surface area contributed by atoms with Crippen LogP contribution in [0.4, 0.5) is 15.0 Å². The third-order valence-electron chi connectivity index (χ3n) is 5.11. The monoisotopic (exact) mass is 482 g/mol. The number of nitrogens with zero attached hydrogens (tertiary/aromatic N) is 2. The van der Waals surface area contributed by atoms with Gasteiger partial charge in [-0.3, -0.25) is 10.7 Å². The Hall–Kier alpha value is -3.52. The first-order valence-corrected chi connectivity index (χ1v) is 11.2. The molecule has 0 bridgehead atoms. The second-order valence-corrected chi connectivity index (χ2v) is 9.22. The summed E-state index contributed by atoms with van der Waals surface area (Å²) in [5.41, 5.74) is 3.44. The van der Waals surface area contributed by atoms with Gasteiger partial charge in [0, 0.05) is 23.9 Å². The van der Waals surface area contributed by atoms with Crippen molar-refractivity contribution in [3.63, 3.8) is 0 Å². The van der Waals surface area contributed by atoms with Gasteiger partial charge in [-0.25, -0.2) is 19.2 Å². The number of allylic oxidation sites excluding steroid dienone is 1. The molecule has 3 rings (SSSR count). The number of aromatic amines is 1. The SMILES string of the molecule is CCNC(=O)Nc1cc(-c2[nH]c(/C=C(\C(=N)Cl)C(C)(C)C)nc2-c2ccc(F)c(C)c2)ccn1. The van der Waals surface area contributed by atoms with Crippen molar-refractivity contribution in [2.24, 2.45) is 5.41 Å². The van der Waals surface area contributed by atoms with Crippen LogP contribution in [0.5, 0.6) is 0 Å². The number of benzene rings is 1. The molecule has 2 heterocycles. The summed E-state index contributed by atoms with van der Waals surface area (Å²) in [5.74, 6) is 0.565. The van der Waals surface area contributed by atoms with Crippen LogP contribution in [0.2, 0.25) is 0 Å². The van der Waals surface area contributed by atoms with Crippen molar-refractivity contribution in [2.75, 3.05) is 11.9 Å². The number of rotatable bonds is 6. The number of anilines is 1. The molecule has 0 spiro atoms. The molecule has 0 saturated heterocycles. The Kier molecular flexibility index (Phi) is 7.51. The molecule has 0 aliphatic rings. The van der Waals surface area contributed by atoms with Crippen molar-refractivity contribution in [1.29, 1.82) is 5.41 Å². The molecule has 7 nitrogen and oxygen atoms in total. The van der Waals surface area contributed by atoms with E-state index in [-0.39, 0.29) is 22.4 Å². The van der Waals surface area contributed by atoms with Crippen molar-refractivity contribution >= 4 is 34.7 Å². The smallest absolute Gasteiger partial charge is 0.320 e. The van der Waals surface area contributed by atoms with Gasteiger partial charge in [-0.05, 0) is 66.8 Å². The molecular formula is C25H28ClFN6O. The van der Waals surface area contributed by atoms with E-state index in [0.29, 0.717) is 40.7 Å². The highest BCUT2D eigenvalue weighted by atomic mass is 35.5. The number of nitrogens with one attached hydrogen (secondary N) is 4. The first-order valence-electron chi connectivity index (χ1n) is 10.8. The van der Waals surface area contributed by atoms with Crippen molar-refractivity contribution in [3.8, 4) is 22.5 Å². The minimum atomic E-state index is -0.376. The molecule has 0 aliphatic carbocycles. The number of urea groups is 1. The Morgan fingerprint density at radius 1 is 1.24 bits per heavy atom. The third kappa shape index (κ3) is 5.88. The number of H-pyrrole nitrogens is 1. The van der Waals surface area contributed by atoms with Crippen LogP contribution in [0.3, 0.4) is 0 Å². The van der Waals surface area contributed by atoms with Crippen LogP contribution in [0.1, 0.15) is 39.1 Å². The average molecular weight is 483 g/mol. The molecule has 178 valence electrons. The molecule has 34 heavy (non-hydrogen) atoms. The van der Waals surface area contributed by atoms with Gasteiger partial charge in [-0.15, -0.1) is 0 Å². The van der Waals surface area contributed by atoms with Crippen LogP contribution in [-0.4, -0.2) is 32.7 Å². The zero-order chi connectivity index (χ0) is 25.0. The summed E-state index contributed by atoms with van der Waals surface area (Å²) in [5, 5.41) is 13.3. The van der Waals surface area contributed by atoms with E-state index in [1.54, 1.807) is 43.5 Å². The first-order chi connectivity index (χ1) is 16.0. The van der Waals surface area contributed by atoms with Crippen LogP contribution in [0.15, 0.2) is 42.1 Å². The number of hydrogen-bond donors (Lipinski definition) is 4. The Morgan fingerprint density at radius 2 is 1.97 bits per heavy atom. The van der Waals surface area contributed by atoms with Gasteiger partial charge >= 0.3 is 6.03 Å². The lowest BCUT2D eigenvalue weighted by atomic mass is 9.86. The summed E-state index contributed by atoms with van der Waals surface area (Å²) >= 11 is 6.07. The molecule has 0 radical (unpaired) electrons. The molecule has 1 aromatic carbocycles. The lowest BCUT2D eigenvalue weighted by Crippen LogP contribution is -2.28. The number of carbonyl (C=O) groups excluding carboxylic acids is 1. The lowest BCUT2D eigenvalue weighted by molar-refractivity contribution is 0.252. The Morgan fingerprint density at radius 3 is 2.59 bits per heavy atom. The standard InChI is InChI=1S/C25H28ClFN6O/c1-6-29-24(34)33-19-12-16(9-10-30-19)22-21(15-7-8-18(27)14(2)11-15)31-20(32-22)13-17(23(26)28)25(3,4)5/h7-13,28H,6H2,1-5H3,(H,31,32)(H2,29,30,33,34)/b17-13+,28-23?. The normalized spacial score (nSPS) is 11.9. The second-order valence-electron chi connectivity index (χ2n) is 8.85. The van der Waals surface area contributed by atoms with E-state index in [9.17, 15) is 9.18 Å². The molecule has 0 fully saturated rings. The van der Waals surface area contributed by atoms with Crippen molar-refractivity contribution in [3.05, 3.63) is 59.3 Å². The van der Waals surface area contributed by atoms with Gasteiger partial charge in [0.15, 0.2) is 0 Å². The number of imidazole rings is 1. The second kappa shape index (κ2) is 10.2. The van der Waals surface area contributed by atoms with Gasteiger partial charge in [0.05, 0.1) is 11.4 Å². The number of halogens is 2. The van der Waals surface area contributed by atoms with Crippen molar-refractivity contribution in [2.45, 2.75) is 34.6 Å². The van der Waals surface area contributed by atoms with Gasteiger partial charge in [-0.2, -0.15) is 0 Å². The summed E-state index contributed by atoms with van der Waals surface area (Å²) in [6, 6.07) is 7.96. The van der Waals surface area contributed by atoms with Gasteiger partial charge in [0.1, 0.15) is 22.6 Å². The predicted molar refractivity (Wildman–Crippen MR) is 136 cm³/mol. The molecular weight excluding hydrogens is 455 g/mol. The number of pyridine rings is 1. The number of amides is 2. The fourth-order valence-electron chi connectivity index (χ4n) is 3.39. The molecule has 0 saturated carbocycles. The predicted octanol–water partition coefficient (Wildman–Crippen LogP) is 6.37. The molecule has 2 aromatic heterocycles. The lowest BCUT2D eigenvalue weighted by Gasteiger charge is -2.20. The van der Waals surface area contributed by atoms with E-state index in [0.717, 1.165) is 11.1 Å². The van der Waals surface area contributed by atoms with Gasteiger partial charge in [0.25, 0.3) is 0 Å². The highest BCUT2D eigenvalue weighted by molar-refractivity contribution is 6.69. The van der Waals surface area contributed by atoms with Gasteiger partial charge in [-0.1, -0.05) is 32.4 Å². The number of carbonyl (C=O) groups is 1. The van der Waals surface area contributed by atoms with Crippen LogP contribution in [0, 0.1) is 23.6 Å². The van der Waals surface area contributed by atoms with E-state index < -0.39 is 0 Å². The van der Waals surface area contributed by atoms with E-state index in [2.05, 4.69) is 20.6 Å². The Bertz CT molecular complexity index is 1260. The van der Waals surface area contributed by atoms with Crippen LogP contribution in [0.25, 0.3) is 28.6 Å². The molecule has 9 heteroatoms. The van der Waals surface area contributed by atoms with Crippen molar-refractivity contribution < 1.29 is 9.18 Å². The fourth-order valence-corrected chi connectivity index (χ4v) is 3.73. The minimum absolute atomic E-state index is 0.0676. The zero-order valence-electron chi connectivity index (χ0n) is 19.8. The molecule has 4 N–H and O–H groups in total. The first kappa shape index (κ1) is 25.1. The zero-order valence-corrected chi connectivity index (χ0v) is 20.6. The molecule has 3 aromatic rings. The summed E-state index contributed by atoms with van der Waals surface area (Å²) in [4.78, 5) is 24.2. The highest BCUT2D eigenvalue weighted by Gasteiger charge is 2.22. The topological polar surface area (TPSA) is 107 Å². The quantitative estimate of drug-likeness (QED) is 0.306. The Balaban J connectivity index is 2.17. The number of aryl methyl sites for hydroxylation is 1. The molecule has 0 unspecified atom stereocenters. The molecule has 0 atom stereocenters. The van der Waals surface area contributed by atoms with Crippen molar-refractivity contribution in [1.82, 2.24) is 20.3 Å². The summed E-state index contributed by atoms with van der Waals surface area (Å²) < 4.78 is 13.9. The van der Waals surface area contributed by atoms with E-state index in [1.165, 1.54) is 6.07 Å². The largest absolute Gasteiger partial charge is 0.338 e. The van der Waals surface area contributed by atoms with Crippen LogP contribution < -0.4 is 10.6 Å². The molecule has 0 aliphatic heterocycles. The van der Waals surface area contributed by atoms with E-state index in [1.807, 2.05) is 27.7 Å². The maximum Gasteiger partial charge on any atom is 0.320 e. The van der Waals surface area contributed by atoms with Gasteiger partial charge in [0.2, 0.25) is 0 Å². The van der Waals surface area contributed by atoms with Crippen LogP contribution in [-0.2, 0) is 0 Å². The van der Waals surface area contributed by atoms with Crippen LogP contribution >= 0.6 is 11.6 Å². The average Bonchev–Trinajstić information content (AvgIpc) is 3.17. The maximum absolute atomic E-state index is 13.9. The third-order valence-corrected chi connectivity index (χ3v) is 5.31. The maximum atomic E-state index is 13.9. The van der Waals surface area contributed by atoms with E-state index in [4.69, 9.17) is 22.0 Å². The van der Waals surface area contributed by atoms with Gasteiger partial charge < -0.3 is 10.3 Å². The highest BCUT2D eigenvalue weighted by Crippen LogP contribution is 2.34. The summed E-state index contributed by atoms with van der Waals surface area (Å²) in [6.45, 7) is 9.90. The Labute approximate surface area is 203 Å². The number of hydrogen-bond acceptors (Lipinski definition) is 4. The van der Waals surface area contributed by atoms with E-state index >= 15 is 0 Å². The summed E-state index contributed by atoms with van der Waals surface area (Å²) in [7, 11) is 0.